The lowest BCUT2D eigenvalue weighted by Crippen LogP contribution is -2.28. The zero-order chi connectivity index (χ0) is 11.3. The molecule has 0 amide bonds. The van der Waals surface area contributed by atoms with Gasteiger partial charge >= 0.3 is 5.97 Å². The number of benzene rings is 1. The Kier molecular flexibility index (Phi) is 4.12. The van der Waals surface area contributed by atoms with E-state index in [4.69, 9.17) is 4.74 Å². The largest absolute Gasteiger partial charge is 0.490 e. The summed E-state index contributed by atoms with van der Waals surface area (Å²) in [6, 6.07) is 7.38. The molecule has 0 aliphatic heterocycles. The number of rotatable bonds is 4. The van der Waals surface area contributed by atoms with Crippen molar-refractivity contribution in [3.05, 3.63) is 29.8 Å². The summed E-state index contributed by atoms with van der Waals surface area (Å²) in [5.74, 6) is -0.0379. The number of aliphatic hydroxyl groups excluding tert-OH is 1. The van der Waals surface area contributed by atoms with Gasteiger partial charge in [-0.3, -0.25) is 0 Å². The summed E-state index contributed by atoms with van der Waals surface area (Å²) >= 11 is 0. The minimum absolute atomic E-state index is 0.0997. The maximum Gasteiger partial charge on any atom is 0.338 e. The number of methoxy groups -OCH3 is 1. The first-order valence-electron chi connectivity index (χ1n) is 4.59. The molecule has 1 unspecified atom stereocenters. The molecule has 4 heteroatoms. The van der Waals surface area contributed by atoms with Crippen LogP contribution in [0.1, 0.15) is 5.56 Å². The van der Waals surface area contributed by atoms with Gasteiger partial charge in [-0.2, -0.15) is 0 Å². The van der Waals surface area contributed by atoms with Crippen molar-refractivity contribution in [2.24, 2.45) is 0 Å². The van der Waals surface area contributed by atoms with Gasteiger partial charge in [-0.15, -0.1) is 0 Å². The first kappa shape index (κ1) is 11.5. The fourth-order valence-corrected chi connectivity index (χ4v) is 1.09. The van der Waals surface area contributed by atoms with Crippen LogP contribution >= 0.6 is 0 Å². The molecule has 0 fully saturated rings. The van der Waals surface area contributed by atoms with Crippen LogP contribution in [0.5, 0.6) is 5.75 Å². The predicted octanol–water partition coefficient (Wildman–Crippen LogP) is 0.908. The van der Waals surface area contributed by atoms with E-state index in [2.05, 4.69) is 4.74 Å². The Morgan fingerprint density at radius 2 is 2.13 bits per heavy atom. The highest BCUT2D eigenvalue weighted by Crippen LogP contribution is 2.16. The zero-order valence-electron chi connectivity index (χ0n) is 8.77. The number of carbonyl (C=O) groups is 1. The molecule has 0 spiro atoms. The maximum absolute atomic E-state index is 10.9. The molecule has 1 aromatic rings. The molecular weight excluding hydrogens is 196 g/mol. The average molecular weight is 210 g/mol. The Balaban J connectivity index is 2.50. The number of para-hydroxylation sites is 1. The molecule has 82 valence electrons. The van der Waals surface area contributed by atoms with Crippen LogP contribution in [0.25, 0.3) is 0 Å². The quantitative estimate of drug-likeness (QED) is 0.750. The van der Waals surface area contributed by atoms with Crippen LogP contribution in [0, 0.1) is 6.92 Å². The van der Waals surface area contributed by atoms with Crippen LogP contribution in [0.2, 0.25) is 0 Å². The third kappa shape index (κ3) is 3.25. The third-order valence-corrected chi connectivity index (χ3v) is 1.96. The number of carbonyl (C=O) groups excluding carboxylic acids is 1. The zero-order valence-corrected chi connectivity index (χ0v) is 8.77. The molecule has 0 aromatic heterocycles. The van der Waals surface area contributed by atoms with Gasteiger partial charge in [-0.05, 0) is 18.6 Å². The standard InChI is InChI=1S/C11H14O4/c1-8-5-3-4-6-10(8)15-7-9(12)11(13)14-2/h3-6,9,12H,7H2,1-2H3. The number of hydrogen-bond acceptors (Lipinski definition) is 4. The van der Waals surface area contributed by atoms with Crippen LogP contribution in [0.15, 0.2) is 24.3 Å². The van der Waals surface area contributed by atoms with E-state index in [1.54, 1.807) is 6.07 Å². The Labute approximate surface area is 88.4 Å². The van der Waals surface area contributed by atoms with E-state index in [1.807, 2.05) is 25.1 Å². The SMILES string of the molecule is COC(=O)C(O)COc1ccccc1C. The molecule has 4 nitrogen and oxygen atoms in total. The van der Waals surface area contributed by atoms with Crippen LogP contribution in [0.3, 0.4) is 0 Å². The van der Waals surface area contributed by atoms with Gasteiger partial charge in [0, 0.05) is 0 Å². The maximum atomic E-state index is 10.9. The van der Waals surface area contributed by atoms with Crippen molar-refractivity contribution in [2.75, 3.05) is 13.7 Å². The average Bonchev–Trinajstić information content (AvgIpc) is 2.26. The van der Waals surface area contributed by atoms with Crippen molar-refractivity contribution >= 4 is 5.97 Å². The van der Waals surface area contributed by atoms with E-state index in [0.717, 1.165) is 5.56 Å². The molecule has 0 heterocycles. The van der Waals surface area contributed by atoms with Gasteiger partial charge in [0.2, 0.25) is 0 Å². The fraction of sp³-hybridized carbons (Fsp3) is 0.364. The normalized spacial score (nSPS) is 11.9. The van der Waals surface area contributed by atoms with Crippen molar-refractivity contribution in [1.29, 1.82) is 0 Å². The van der Waals surface area contributed by atoms with Crippen LogP contribution in [-0.4, -0.2) is 30.9 Å². The first-order chi connectivity index (χ1) is 7.15. The number of ether oxygens (including phenoxy) is 2. The molecule has 0 aliphatic carbocycles. The molecule has 1 rings (SSSR count). The van der Waals surface area contributed by atoms with E-state index >= 15 is 0 Å². The Bertz CT molecular complexity index is 335. The molecule has 0 aliphatic rings. The molecular formula is C11H14O4. The van der Waals surface area contributed by atoms with Crippen molar-refractivity contribution in [2.45, 2.75) is 13.0 Å². The van der Waals surface area contributed by atoms with Gasteiger partial charge in [-0.1, -0.05) is 18.2 Å². The molecule has 0 saturated heterocycles. The minimum Gasteiger partial charge on any atom is -0.490 e. The van der Waals surface area contributed by atoms with Gasteiger partial charge in [0.25, 0.3) is 0 Å². The summed E-state index contributed by atoms with van der Waals surface area (Å²) in [5.41, 5.74) is 0.953. The lowest BCUT2D eigenvalue weighted by molar-refractivity contribution is -0.151. The van der Waals surface area contributed by atoms with Gasteiger partial charge in [-0.25, -0.2) is 4.79 Å². The smallest absolute Gasteiger partial charge is 0.338 e. The highest BCUT2D eigenvalue weighted by molar-refractivity contribution is 5.74. The summed E-state index contributed by atoms with van der Waals surface area (Å²) in [4.78, 5) is 10.9. The van der Waals surface area contributed by atoms with Crippen molar-refractivity contribution in [3.8, 4) is 5.75 Å². The van der Waals surface area contributed by atoms with Crippen LogP contribution < -0.4 is 4.74 Å². The summed E-state index contributed by atoms with van der Waals surface area (Å²) in [6.07, 6.45) is -1.24. The molecule has 1 N–H and O–H groups in total. The summed E-state index contributed by atoms with van der Waals surface area (Å²) in [5, 5.41) is 9.27. The lowest BCUT2D eigenvalue weighted by Gasteiger charge is -2.11. The highest BCUT2D eigenvalue weighted by Gasteiger charge is 2.16. The second kappa shape index (κ2) is 5.36. The third-order valence-electron chi connectivity index (χ3n) is 1.96. The van der Waals surface area contributed by atoms with Crippen LogP contribution in [0.4, 0.5) is 0 Å². The van der Waals surface area contributed by atoms with E-state index in [1.165, 1.54) is 7.11 Å². The highest BCUT2D eigenvalue weighted by atomic mass is 16.5. The van der Waals surface area contributed by atoms with Crippen molar-refractivity contribution in [1.82, 2.24) is 0 Å². The number of aryl methyl sites for hydroxylation is 1. The van der Waals surface area contributed by atoms with Gasteiger partial charge in [0.05, 0.1) is 7.11 Å². The lowest BCUT2D eigenvalue weighted by atomic mass is 10.2. The van der Waals surface area contributed by atoms with Crippen molar-refractivity contribution in [3.63, 3.8) is 0 Å². The Morgan fingerprint density at radius 3 is 2.73 bits per heavy atom. The molecule has 15 heavy (non-hydrogen) atoms. The summed E-state index contributed by atoms with van der Waals surface area (Å²) in [6.45, 7) is 1.79. The Morgan fingerprint density at radius 1 is 1.47 bits per heavy atom. The summed E-state index contributed by atoms with van der Waals surface area (Å²) in [7, 11) is 1.22. The molecule has 0 bridgehead atoms. The molecule has 0 saturated carbocycles. The summed E-state index contributed by atoms with van der Waals surface area (Å²) < 4.78 is 9.63. The van der Waals surface area contributed by atoms with E-state index in [-0.39, 0.29) is 6.61 Å². The number of esters is 1. The second-order valence-electron chi connectivity index (χ2n) is 3.12. The van der Waals surface area contributed by atoms with Gasteiger partial charge in [0.15, 0.2) is 6.10 Å². The van der Waals surface area contributed by atoms with Gasteiger partial charge in [0.1, 0.15) is 12.4 Å². The molecule has 1 aromatic carbocycles. The van der Waals surface area contributed by atoms with Crippen molar-refractivity contribution < 1.29 is 19.4 Å². The van der Waals surface area contributed by atoms with E-state index in [0.29, 0.717) is 5.75 Å². The van der Waals surface area contributed by atoms with E-state index in [9.17, 15) is 9.90 Å². The fourth-order valence-electron chi connectivity index (χ4n) is 1.09. The topological polar surface area (TPSA) is 55.8 Å². The molecule has 0 radical (unpaired) electrons. The minimum atomic E-state index is -1.24. The van der Waals surface area contributed by atoms with Crippen LogP contribution in [-0.2, 0) is 9.53 Å². The molecule has 1 atom stereocenters. The Hall–Kier alpha value is -1.55. The first-order valence-corrected chi connectivity index (χ1v) is 4.59. The number of hydrogen-bond donors (Lipinski definition) is 1. The number of aliphatic hydroxyl groups is 1. The monoisotopic (exact) mass is 210 g/mol. The second-order valence-corrected chi connectivity index (χ2v) is 3.12. The van der Waals surface area contributed by atoms with E-state index < -0.39 is 12.1 Å². The van der Waals surface area contributed by atoms with Gasteiger partial charge < -0.3 is 14.6 Å². The predicted molar refractivity (Wildman–Crippen MR) is 54.7 cm³/mol.